The van der Waals surface area contributed by atoms with Crippen LogP contribution in [0.25, 0.3) is 0 Å². The first-order valence-electron chi connectivity index (χ1n) is 11.7. The van der Waals surface area contributed by atoms with Gasteiger partial charge in [-0.1, -0.05) is 65.2 Å². The Morgan fingerprint density at radius 1 is 0.973 bits per heavy atom. The van der Waals surface area contributed by atoms with E-state index in [9.17, 15) is 18.0 Å². The van der Waals surface area contributed by atoms with Crippen LogP contribution in [-0.2, 0) is 26.2 Å². The molecular weight excluding hydrogens is 533 g/mol. The molecule has 10 heteroatoms. The summed E-state index contributed by atoms with van der Waals surface area (Å²) in [6.07, 6.45) is 0. The molecule has 37 heavy (non-hydrogen) atoms. The lowest BCUT2D eigenvalue weighted by Crippen LogP contribution is -2.51. The zero-order valence-electron chi connectivity index (χ0n) is 20.8. The second-order valence-corrected chi connectivity index (χ2v) is 11.2. The molecule has 0 spiro atoms. The highest BCUT2D eigenvalue weighted by atomic mass is 35.5. The lowest BCUT2D eigenvalue weighted by Gasteiger charge is -2.32. The van der Waals surface area contributed by atoms with Gasteiger partial charge in [-0.05, 0) is 62.7 Å². The van der Waals surface area contributed by atoms with Crippen molar-refractivity contribution in [2.24, 2.45) is 0 Å². The maximum Gasteiger partial charge on any atom is 0.264 e. The van der Waals surface area contributed by atoms with Gasteiger partial charge in [0.2, 0.25) is 11.8 Å². The van der Waals surface area contributed by atoms with E-state index >= 15 is 0 Å². The zero-order valence-corrected chi connectivity index (χ0v) is 23.1. The standard InChI is InChI=1S/C27H29Cl2N3O4S/c1-4-30-27(34)20(3)31(17-21-8-5-6-11-25(21)29)26(33)18-32(23-10-7-9-22(28)16-23)37(35,36)24-14-12-19(2)13-15-24/h5-16,20H,4,17-18H2,1-3H3,(H,30,34)/t20-/m0/s1. The van der Waals surface area contributed by atoms with Crippen molar-refractivity contribution in [3.8, 4) is 0 Å². The van der Waals surface area contributed by atoms with Gasteiger partial charge in [-0.15, -0.1) is 0 Å². The van der Waals surface area contributed by atoms with Gasteiger partial charge in [0.15, 0.2) is 0 Å². The van der Waals surface area contributed by atoms with E-state index in [1.165, 1.54) is 23.1 Å². The second-order valence-electron chi connectivity index (χ2n) is 8.49. The summed E-state index contributed by atoms with van der Waals surface area (Å²) < 4.78 is 28.5. The van der Waals surface area contributed by atoms with Crippen LogP contribution in [0.3, 0.4) is 0 Å². The van der Waals surface area contributed by atoms with Crippen molar-refractivity contribution in [2.75, 3.05) is 17.4 Å². The Kier molecular flexibility index (Phi) is 9.59. The maximum atomic E-state index is 13.8. The molecule has 2 amide bonds. The minimum Gasteiger partial charge on any atom is -0.355 e. The van der Waals surface area contributed by atoms with Crippen molar-refractivity contribution in [2.45, 2.75) is 38.3 Å². The molecule has 0 saturated carbocycles. The zero-order chi connectivity index (χ0) is 27.2. The molecular formula is C27H29Cl2N3O4S. The van der Waals surface area contributed by atoms with E-state index in [1.54, 1.807) is 68.4 Å². The molecule has 3 rings (SSSR count). The van der Waals surface area contributed by atoms with E-state index in [0.29, 0.717) is 22.2 Å². The summed E-state index contributed by atoms with van der Waals surface area (Å²) in [6, 6.07) is 18.7. The molecule has 0 fully saturated rings. The molecule has 7 nitrogen and oxygen atoms in total. The third-order valence-electron chi connectivity index (χ3n) is 5.80. The summed E-state index contributed by atoms with van der Waals surface area (Å²) >= 11 is 12.5. The fourth-order valence-electron chi connectivity index (χ4n) is 3.71. The molecule has 0 heterocycles. The summed E-state index contributed by atoms with van der Waals surface area (Å²) in [7, 11) is -4.15. The summed E-state index contributed by atoms with van der Waals surface area (Å²) in [5, 5.41) is 3.47. The Morgan fingerprint density at radius 3 is 2.27 bits per heavy atom. The molecule has 1 N–H and O–H groups in total. The Hall–Kier alpha value is -3.07. The third-order valence-corrected chi connectivity index (χ3v) is 8.19. The van der Waals surface area contributed by atoms with Crippen LogP contribution < -0.4 is 9.62 Å². The predicted octanol–water partition coefficient (Wildman–Crippen LogP) is 5.05. The van der Waals surface area contributed by atoms with Gasteiger partial charge in [0.25, 0.3) is 10.0 Å². The molecule has 0 aliphatic carbocycles. The fraction of sp³-hybridized carbons (Fsp3) is 0.259. The van der Waals surface area contributed by atoms with E-state index < -0.39 is 28.5 Å². The monoisotopic (exact) mass is 561 g/mol. The number of halogens is 2. The number of carbonyl (C=O) groups is 2. The van der Waals surface area contributed by atoms with Crippen molar-refractivity contribution in [3.63, 3.8) is 0 Å². The third kappa shape index (κ3) is 7.03. The van der Waals surface area contributed by atoms with Crippen molar-refractivity contribution < 1.29 is 18.0 Å². The summed E-state index contributed by atoms with van der Waals surface area (Å²) in [6.45, 7) is 5.07. The Labute approximate surface area is 228 Å². The van der Waals surface area contributed by atoms with Crippen LogP contribution in [0.5, 0.6) is 0 Å². The normalized spacial score (nSPS) is 12.0. The number of nitrogens with zero attached hydrogens (tertiary/aromatic N) is 2. The Bertz CT molecular complexity index is 1360. The summed E-state index contributed by atoms with van der Waals surface area (Å²) in [5.41, 5.74) is 1.75. The van der Waals surface area contributed by atoms with Gasteiger partial charge in [0, 0.05) is 23.1 Å². The summed E-state index contributed by atoms with van der Waals surface area (Å²) in [5.74, 6) is -0.937. The molecule has 0 bridgehead atoms. The predicted molar refractivity (Wildman–Crippen MR) is 147 cm³/mol. The van der Waals surface area contributed by atoms with Gasteiger partial charge in [-0.2, -0.15) is 0 Å². The lowest BCUT2D eigenvalue weighted by molar-refractivity contribution is -0.139. The molecule has 1 atom stereocenters. The van der Waals surface area contributed by atoms with E-state index in [0.717, 1.165) is 9.87 Å². The minimum atomic E-state index is -4.15. The van der Waals surface area contributed by atoms with Crippen molar-refractivity contribution in [1.82, 2.24) is 10.2 Å². The van der Waals surface area contributed by atoms with Gasteiger partial charge in [0.05, 0.1) is 10.6 Å². The molecule has 0 aliphatic heterocycles. The fourth-order valence-corrected chi connectivity index (χ4v) is 5.50. The molecule has 0 aromatic heterocycles. The van der Waals surface area contributed by atoms with Crippen LogP contribution in [0.15, 0.2) is 77.7 Å². The average Bonchev–Trinajstić information content (AvgIpc) is 2.86. The van der Waals surface area contributed by atoms with Gasteiger partial charge in [-0.3, -0.25) is 13.9 Å². The number of hydrogen-bond donors (Lipinski definition) is 1. The highest BCUT2D eigenvalue weighted by Gasteiger charge is 2.32. The molecule has 3 aromatic carbocycles. The van der Waals surface area contributed by atoms with Crippen LogP contribution in [0.4, 0.5) is 5.69 Å². The lowest BCUT2D eigenvalue weighted by atomic mass is 10.1. The molecule has 0 saturated heterocycles. The van der Waals surface area contributed by atoms with Crippen LogP contribution in [-0.4, -0.2) is 44.3 Å². The number of rotatable bonds is 10. The SMILES string of the molecule is CCNC(=O)[C@H](C)N(Cc1ccccc1Cl)C(=O)CN(c1cccc(Cl)c1)S(=O)(=O)c1ccc(C)cc1. The van der Waals surface area contributed by atoms with Crippen molar-refractivity contribution in [1.29, 1.82) is 0 Å². The number of carbonyl (C=O) groups excluding carboxylic acids is 2. The average molecular weight is 563 g/mol. The van der Waals surface area contributed by atoms with Crippen LogP contribution in [0.1, 0.15) is 25.0 Å². The summed E-state index contributed by atoms with van der Waals surface area (Å²) in [4.78, 5) is 27.9. The second kappa shape index (κ2) is 12.4. The number of nitrogens with one attached hydrogen (secondary N) is 1. The highest BCUT2D eigenvalue weighted by Crippen LogP contribution is 2.27. The molecule has 0 radical (unpaired) electrons. The van der Waals surface area contributed by atoms with Gasteiger partial charge < -0.3 is 10.2 Å². The number of aryl methyl sites for hydroxylation is 1. The van der Waals surface area contributed by atoms with Gasteiger partial charge in [0.1, 0.15) is 12.6 Å². The van der Waals surface area contributed by atoms with E-state index in [-0.39, 0.29) is 23.0 Å². The minimum absolute atomic E-state index is 0.0186. The van der Waals surface area contributed by atoms with Gasteiger partial charge >= 0.3 is 0 Å². The topological polar surface area (TPSA) is 86.8 Å². The highest BCUT2D eigenvalue weighted by molar-refractivity contribution is 7.92. The van der Waals surface area contributed by atoms with E-state index in [4.69, 9.17) is 23.2 Å². The van der Waals surface area contributed by atoms with Crippen molar-refractivity contribution in [3.05, 3.63) is 94.0 Å². The molecule has 196 valence electrons. The van der Waals surface area contributed by atoms with E-state index in [1.807, 2.05) is 6.92 Å². The van der Waals surface area contributed by atoms with Gasteiger partial charge in [-0.25, -0.2) is 8.42 Å². The quantitative estimate of drug-likeness (QED) is 0.375. The van der Waals surface area contributed by atoms with Crippen molar-refractivity contribution >= 4 is 50.7 Å². The Balaban J connectivity index is 2.04. The smallest absolute Gasteiger partial charge is 0.264 e. The first-order chi connectivity index (χ1) is 17.5. The largest absolute Gasteiger partial charge is 0.355 e. The van der Waals surface area contributed by atoms with Crippen LogP contribution in [0, 0.1) is 6.92 Å². The van der Waals surface area contributed by atoms with E-state index in [2.05, 4.69) is 5.32 Å². The molecule has 0 aliphatic rings. The van der Waals surface area contributed by atoms with Crippen LogP contribution >= 0.6 is 23.2 Å². The number of hydrogen-bond acceptors (Lipinski definition) is 4. The molecule has 0 unspecified atom stereocenters. The van der Waals surface area contributed by atoms with Crippen LogP contribution in [0.2, 0.25) is 10.0 Å². The maximum absolute atomic E-state index is 13.8. The number of amides is 2. The first-order valence-corrected chi connectivity index (χ1v) is 13.9. The molecule has 3 aromatic rings. The number of benzene rings is 3. The number of anilines is 1. The number of likely N-dealkylation sites (N-methyl/N-ethyl adjacent to an activating group) is 1. The Morgan fingerprint density at radius 2 is 1.65 bits per heavy atom. The number of sulfonamides is 1. The first kappa shape index (κ1) is 28.5.